The van der Waals surface area contributed by atoms with Crippen LogP contribution in [0.25, 0.3) is 0 Å². The summed E-state index contributed by atoms with van der Waals surface area (Å²) in [4.78, 5) is 16.0. The summed E-state index contributed by atoms with van der Waals surface area (Å²) in [6.45, 7) is 2.36. The monoisotopic (exact) mass is 446 g/mol. The lowest BCUT2D eigenvalue weighted by atomic mass is 10.0. The van der Waals surface area contributed by atoms with Crippen molar-refractivity contribution in [1.29, 1.82) is 0 Å². The molecule has 2 aromatic rings. The van der Waals surface area contributed by atoms with Gasteiger partial charge in [-0.05, 0) is 56.5 Å². The van der Waals surface area contributed by atoms with Crippen LogP contribution >= 0.6 is 11.8 Å². The van der Waals surface area contributed by atoms with Crippen molar-refractivity contribution in [2.75, 3.05) is 25.4 Å². The average Bonchev–Trinajstić information content (AvgIpc) is 3.29. The molecular weight excluding hydrogens is 418 g/mol. The molecule has 0 aromatic heterocycles. The van der Waals surface area contributed by atoms with Crippen LogP contribution in [-0.2, 0) is 11.3 Å². The molecule has 1 amide bonds. The smallest absolute Gasteiger partial charge is 0.252 e. The maximum absolute atomic E-state index is 14.0. The number of carbonyl (C=O) groups is 1. The van der Waals surface area contributed by atoms with Crippen LogP contribution in [0.2, 0.25) is 0 Å². The number of ether oxygens (including phenoxy) is 1. The lowest BCUT2D eigenvalue weighted by Gasteiger charge is -2.33. The number of nitrogens with zero attached hydrogens (tertiary/aromatic N) is 1. The quantitative estimate of drug-likeness (QED) is 0.630. The zero-order chi connectivity index (χ0) is 21.6. The van der Waals surface area contributed by atoms with Gasteiger partial charge < -0.3 is 10.1 Å². The molecule has 2 aliphatic rings. The largest absolute Gasteiger partial charge is 0.377 e. The molecule has 2 unspecified atom stereocenters. The molecule has 0 saturated carbocycles. The molecule has 7 heteroatoms. The van der Waals surface area contributed by atoms with Crippen molar-refractivity contribution in [3.8, 4) is 0 Å². The lowest BCUT2D eigenvalue weighted by Crippen LogP contribution is -2.47. The summed E-state index contributed by atoms with van der Waals surface area (Å²) < 4.78 is 33.7. The normalized spacial score (nSPS) is 21.9. The molecule has 2 heterocycles. The summed E-state index contributed by atoms with van der Waals surface area (Å²) in [5.41, 5.74) is 0.758. The first kappa shape index (κ1) is 22.2. The Hall–Kier alpha value is -1.96. The Morgan fingerprint density at radius 1 is 1.10 bits per heavy atom. The van der Waals surface area contributed by atoms with Crippen LogP contribution in [-0.4, -0.2) is 48.4 Å². The van der Waals surface area contributed by atoms with Gasteiger partial charge in [0.05, 0.1) is 11.7 Å². The van der Waals surface area contributed by atoms with E-state index in [4.69, 9.17) is 4.74 Å². The van der Waals surface area contributed by atoms with Crippen LogP contribution < -0.4 is 5.32 Å². The van der Waals surface area contributed by atoms with Crippen LogP contribution in [0.1, 0.15) is 41.6 Å². The summed E-state index contributed by atoms with van der Waals surface area (Å²) in [5, 5.41) is 3.14. The number of piperidine rings is 1. The van der Waals surface area contributed by atoms with Crippen molar-refractivity contribution in [1.82, 2.24) is 10.2 Å². The number of thioether (sulfide) groups is 1. The fraction of sp³-hybridized carbons (Fsp3) is 0.458. The van der Waals surface area contributed by atoms with Crippen LogP contribution in [0, 0.1) is 11.6 Å². The maximum atomic E-state index is 14.0. The van der Waals surface area contributed by atoms with Crippen molar-refractivity contribution in [3.05, 3.63) is 65.2 Å². The lowest BCUT2D eigenvalue weighted by molar-refractivity contribution is 0.0896. The first-order valence-electron chi connectivity index (χ1n) is 10.9. The van der Waals surface area contributed by atoms with E-state index in [0.717, 1.165) is 49.5 Å². The molecule has 0 radical (unpaired) electrons. The number of likely N-dealkylation sites (tertiary alicyclic amines) is 1. The molecule has 0 spiro atoms. The summed E-state index contributed by atoms with van der Waals surface area (Å²) >= 11 is 1.66. The minimum Gasteiger partial charge on any atom is -0.377 e. The van der Waals surface area contributed by atoms with Gasteiger partial charge in [-0.1, -0.05) is 18.2 Å². The number of rotatable bonds is 7. The highest BCUT2D eigenvalue weighted by atomic mass is 32.2. The van der Waals surface area contributed by atoms with Crippen LogP contribution in [0.4, 0.5) is 8.78 Å². The molecule has 0 bridgehead atoms. The van der Waals surface area contributed by atoms with Gasteiger partial charge in [-0.25, -0.2) is 8.78 Å². The SMILES string of the molecule is O=C(NC1CCCN(Cc2c(F)cccc2F)C1)c1ccccc1SCC1CCCO1. The highest BCUT2D eigenvalue weighted by molar-refractivity contribution is 7.99. The Bertz CT molecular complexity index is 885. The summed E-state index contributed by atoms with van der Waals surface area (Å²) in [6.07, 6.45) is 4.15. The van der Waals surface area contributed by atoms with Gasteiger partial charge in [0.25, 0.3) is 5.91 Å². The third-order valence-electron chi connectivity index (χ3n) is 5.86. The van der Waals surface area contributed by atoms with E-state index < -0.39 is 11.6 Å². The first-order valence-corrected chi connectivity index (χ1v) is 11.9. The van der Waals surface area contributed by atoms with Crippen molar-refractivity contribution < 1.29 is 18.3 Å². The summed E-state index contributed by atoms with van der Waals surface area (Å²) in [6, 6.07) is 11.5. The number of benzene rings is 2. The highest BCUT2D eigenvalue weighted by Gasteiger charge is 2.25. The molecule has 1 N–H and O–H groups in total. The molecule has 31 heavy (non-hydrogen) atoms. The Morgan fingerprint density at radius 3 is 2.68 bits per heavy atom. The molecule has 2 atom stereocenters. The third-order valence-corrected chi connectivity index (χ3v) is 7.07. The minimum absolute atomic E-state index is 0.0488. The second-order valence-electron chi connectivity index (χ2n) is 8.19. The highest BCUT2D eigenvalue weighted by Crippen LogP contribution is 2.27. The third kappa shape index (κ3) is 5.84. The Kier molecular flexibility index (Phi) is 7.58. The second-order valence-corrected chi connectivity index (χ2v) is 9.25. The fourth-order valence-corrected chi connectivity index (χ4v) is 5.35. The van der Waals surface area contributed by atoms with Crippen molar-refractivity contribution in [3.63, 3.8) is 0 Å². The molecular formula is C24H28F2N2O2S. The molecule has 2 aliphatic heterocycles. The van der Waals surface area contributed by atoms with Gasteiger partial charge >= 0.3 is 0 Å². The summed E-state index contributed by atoms with van der Waals surface area (Å²) in [5.74, 6) is -0.304. The van der Waals surface area contributed by atoms with Gasteiger partial charge in [-0.2, -0.15) is 0 Å². The van der Waals surface area contributed by atoms with Gasteiger partial charge in [0.2, 0.25) is 0 Å². The van der Waals surface area contributed by atoms with Crippen molar-refractivity contribution in [2.24, 2.45) is 0 Å². The first-order chi connectivity index (χ1) is 15.1. The van der Waals surface area contributed by atoms with Gasteiger partial charge in [-0.15, -0.1) is 11.8 Å². The zero-order valence-corrected chi connectivity index (χ0v) is 18.3. The van der Waals surface area contributed by atoms with E-state index in [0.29, 0.717) is 12.1 Å². The van der Waals surface area contributed by atoms with E-state index in [1.54, 1.807) is 11.8 Å². The number of halogens is 2. The van der Waals surface area contributed by atoms with E-state index in [-0.39, 0.29) is 30.2 Å². The molecule has 2 fully saturated rings. The minimum atomic E-state index is -0.525. The Morgan fingerprint density at radius 2 is 1.90 bits per heavy atom. The Labute approximate surface area is 186 Å². The van der Waals surface area contributed by atoms with Gasteiger partial charge in [-0.3, -0.25) is 9.69 Å². The molecule has 0 aliphatic carbocycles. The van der Waals surface area contributed by atoms with E-state index >= 15 is 0 Å². The van der Waals surface area contributed by atoms with Crippen LogP contribution in [0.3, 0.4) is 0 Å². The van der Waals surface area contributed by atoms with Crippen molar-refractivity contribution in [2.45, 2.75) is 49.3 Å². The molecule has 166 valence electrons. The fourth-order valence-electron chi connectivity index (χ4n) is 4.23. The number of carbonyl (C=O) groups excluding carboxylic acids is 1. The summed E-state index contributed by atoms with van der Waals surface area (Å²) in [7, 11) is 0. The van der Waals surface area contributed by atoms with E-state index in [9.17, 15) is 13.6 Å². The van der Waals surface area contributed by atoms with Gasteiger partial charge in [0, 0.05) is 42.0 Å². The molecule has 2 aromatic carbocycles. The van der Waals surface area contributed by atoms with E-state index in [2.05, 4.69) is 5.32 Å². The zero-order valence-electron chi connectivity index (χ0n) is 17.5. The Balaban J connectivity index is 1.36. The van der Waals surface area contributed by atoms with Crippen LogP contribution in [0.15, 0.2) is 47.4 Å². The van der Waals surface area contributed by atoms with Crippen molar-refractivity contribution >= 4 is 17.7 Å². The standard InChI is InChI=1S/C24H28F2N2O2S/c25-21-9-3-10-22(26)20(21)15-28-12-4-6-17(14-28)27-24(29)19-8-1-2-11-23(19)31-16-18-7-5-13-30-18/h1-3,8-11,17-18H,4-7,12-16H2,(H,27,29). The topological polar surface area (TPSA) is 41.6 Å². The van der Waals surface area contributed by atoms with E-state index in [1.165, 1.54) is 18.2 Å². The average molecular weight is 447 g/mol. The number of hydrogen-bond donors (Lipinski definition) is 1. The molecule has 2 saturated heterocycles. The predicted octanol–water partition coefficient (Wildman–Crippen LogP) is 4.63. The van der Waals surface area contributed by atoms with Gasteiger partial charge in [0.15, 0.2) is 0 Å². The second kappa shape index (κ2) is 10.6. The molecule has 4 nitrogen and oxygen atoms in total. The molecule has 4 rings (SSSR count). The number of nitrogens with one attached hydrogen (secondary N) is 1. The number of hydrogen-bond acceptors (Lipinski definition) is 4. The number of amides is 1. The van der Waals surface area contributed by atoms with Crippen LogP contribution in [0.5, 0.6) is 0 Å². The predicted molar refractivity (Wildman–Crippen MR) is 118 cm³/mol. The maximum Gasteiger partial charge on any atom is 0.252 e. The van der Waals surface area contributed by atoms with Gasteiger partial charge in [0.1, 0.15) is 11.6 Å². The van der Waals surface area contributed by atoms with E-state index in [1.807, 2.05) is 29.2 Å².